The van der Waals surface area contributed by atoms with Gasteiger partial charge in [-0.05, 0) is 55.2 Å². The molecule has 6 nitrogen and oxygen atoms in total. The van der Waals surface area contributed by atoms with E-state index in [1.165, 1.54) is 28.1 Å². The van der Waals surface area contributed by atoms with Gasteiger partial charge in [0.25, 0.3) is 5.91 Å². The number of hydrogen-bond acceptors (Lipinski definition) is 4. The Morgan fingerprint density at radius 3 is 2.48 bits per heavy atom. The molecule has 0 aromatic heterocycles. The number of amides is 1. The molecule has 1 fully saturated rings. The minimum atomic E-state index is -3.70. The number of ether oxygens (including phenoxy) is 1. The molecule has 29 heavy (non-hydrogen) atoms. The van der Waals surface area contributed by atoms with E-state index in [0.717, 1.165) is 25.0 Å². The van der Waals surface area contributed by atoms with Crippen molar-refractivity contribution in [3.8, 4) is 5.75 Å². The third-order valence-corrected chi connectivity index (χ3v) is 7.24. The van der Waals surface area contributed by atoms with Crippen LogP contribution in [0.25, 0.3) is 0 Å². The average Bonchev–Trinajstić information content (AvgIpc) is 3.27. The predicted octanol–water partition coefficient (Wildman–Crippen LogP) is 3.50. The number of rotatable bonds is 8. The Morgan fingerprint density at radius 2 is 1.83 bits per heavy atom. The zero-order chi connectivity index (χ0) is 20.9. The van der Waals surface area contributed by atoms with Crippen molar-refractivity contribution in [2.24, 2.45) is 0 Å². The second-order valence-electron chi connectivity index (χ2n) is 6.86. The summed E-state index contributed by atoms with van der Waals surface area (Å²) >= 11 is 6.12. The summed E-state index contributed by atoms with van der Waals surface area (Å²) in [6, 6.07) is 12.1. The molecule has 1 amide bonds. The van der Waals surface area contributed by atoms with Gasteiger partial charge >= 0.3 is 0 Å². The fourth-order valence-electron chi connectivity index (χ4n) is 3.17. The van der Waals surface area contributed by atoms with Crippen LogP contribution in [-0.4, -0.2) is 44.9 Å². The summed E-state index contributed by atoms with van der Waals surface area (Å²) in [5.74, 6) is 0.367. The normalized spacial score (nSPS) is 14.7. The SMILES string of the molecule is CCc1ccc(OCCNC(=O)c2ccc(Cl)c(S(=O)(=O)N3CCCC3)c2)cc1. The van der Waals surface area contributed by atoms with Crippen LogP contribution in [0.1, 0.15) is 35.7 Å². The fourth-order valence-corrected chi connectivity index (χ4v) is 5.18. The van der Waals surface area contributed by atoms with Crippen LogP contribution in [0.5, 0.6) is 5.75 Å². The second kappa shape index (κ2) is 9.61. The molecule has 0 saturated carbocycles. The summed E-state index contributed by atoms with van der Waals surface area (Å²) in [5.41, 5.74) is 1.48. The quantitative estimate of drug-likeness (QED) is 0.642. The van der Waals surface area contributed by atoms with Gasteiger partial charge in [0.05, 0.1) is 11.6 Å². The molecule has 1 aliphatic heterocycles. The van der Waals surface area contributed by atoms with Crippen LogP contribution in [0.4, 0.5) is 0 Å². The highest BCUT2D eigenvalue weighted by molar-refractivity contribution is 7.89. The highest BCUT2D eigenvalue weighted by Crippen LogP contribution is 2.28. The number of aryl methyl sites for hydroxylation is 1. The smallest absolute Gasteiger partial charge is 0.251 e. The molecule has 0 bridgehead atoms. The maximum atomic E-state index is 12.8. The molecule has 156 valence electrons. The Morgan fingerprint density at radius 1 is 1.14 bits per heavy atom. The standard InChI is InChI=1S/C21H25ClN2O4S/c1-2-16-5-8-18(9-6-16)28-14-11-23-21(25)17-7-10-19(22)20(15-17)29(26,27)24-12-3-4-13-24/h5-10,15H,2-4,11-14H2,1H3,(H,23,25). The third kappa shape index (κ3) is 5.29. The topological polar surface area (TPSA) is 75.7 Å². The molecule has 1 heterocycles. The summed E-state index contributed by atoms with van der Waals surface area (Å²) in [7, 11) is -3.70. The van der Waals surface area contributed by atoms with E-state index >= 15 is 0 Å². The molecule has 3 rings (SSSR count). The largest absolute Gasteiger partial charge is 0.492 e. The van der Waals surface area contributed by atoms with E-state index in [1.807, 2.05) is 24.3 Å². The van der Waals surface area contributed by atoms with E-state index in [9.17, 15) is 13.2 Å². The van der Waals surface area contributed by atoms with Gasteiger partial charge < -0.3 is 10.1 Å². The molecular weight excluding hydrogens is 412 g/mol. The lowest BCUT2D eigenvalue weighted by Crippen LogP contribution is -2.30. The minimum Gasteiger partial charge on any atom is -0.492 e. The summed E-state index contributed by atoms with van der Waals surface area (Å²) < 4.78 is 32.6. The van der Waals surface area contributed by atoms with Crippen molar-refractivity contribution in [3.05, 3.63) is 58.6 Å². The summed E-state index contributed by atoms with van der Waals surface area (Å²) in [4.78, 5) is 12.4. The van der Waals surface area contributed by atoms with E-state index in [2.05, 4.69) is 12.2 Å². The molecule has 2 aromatic carbocycles. The lowest BCUT2D eigenvalue weighted by molar-refractivity contribution is 0.0947. The second-order valence-corrected chi connectivity index (χ2v) is 9.17. The van der Waals surface area contributed by atoms with Crippen molar-refractivity contribution in [2.75, 3.05) is 26.2 Å². The summed E-state index contributed by atoms with van der Waals surface area (Å²) in [5, 5.41) is 2.86. The number of sulfonamides is 1. The Kier molecular flexibility index (Phi) is 7.16. The molecule has 0 radical (unpaired) electrons. The molecule has 0 atom stereocenters. The van der Waals surface area contributed by atoms with Gasteiger partial charge in [0.15, 0.2) is 0 Å². The van der Waals surface area contributed by atoms with Crippen molar-refractivity contribution in [3.63, 3.8) is 0 Å². The first kappa shape index (κ1) is 21.6. The Labute approximate surface area is 176 Å². The molecule has 1 aliphatic rings. The van der Waals surface area contributed by atoms with Gasteiger partial charge in [0.2, 0.25) is 10.0 Å². The summed E-state index contributed by atoms with van der Waals surface area (Å²) in [6.07, 6.45) is 2.63. The third-order valence-electron chi connectivity index (χ3n) is 4.86. The van der Waals surface area contributed by atoms with Crippen molar-refractivity contribution < 1.29 is 17.9 Å². The summed E-state index contributed by atoms with van der Waals surface area (Å²) in [6.45, 7) is 3.65. The van der Waals surface area contributed by atoms with Crippen LogP contribution in [0, 0.1) is 0 Å². The van der Waals surface area contributed by atoms with Gasteiger partial charge in [-0.1, -0.05) is 30.7 Å². The van der Waals surface area contributed by atoms with Gasteiger partial charge in [-0.25, -0.2) is 8.42 Å². The molecule has 1 N–H and O–H groups in total. The van der Waals surface area contributed by atoms with Gasteiger partial charge in [0, 0.05) is 18.7 Å². The van der Waals surface area contributed by atoms with E-state index in [0.29, 0.717) is 26.2 Å². The zero-order valence-electron chi connectivity index (χ0n) is 16.4. The van der Waals surface area contributed by atoms with Crippen molar-refractivity contribution in [2.45, 2.75) is 31.1 Å². The Bertz CT molecular complexity index is 955. The number of nitrogens with zero attached hydrogens (tertiary/aromatic N) is 1. The number of nitrogens with one attached hydrogen (secondary N) is 1. The van der Waals surface area contributed by atoms with Crippen LogP contribution in [0.2, 0.25) is 5.02 Å². The van der Waals surface area contributed by atoms with Gasteiger partial charge in [-0.2, -0.15) is 4.31 Å². The highest BCUT2D eigenvalue weighted by Gasteiger charge is 2.29. The number of benzene rings is 2. The molecular formula is C21H25ClN2O4S. The van der Waals surface area contributed by atoms with Crippen molar-refractivity contribution in [1.29, 1.82) is 0 Å². The predicted molar refractivity (Wildman–Crippen MR) is 113 cm³/mol. The Balaban J connectivity index is 1.59. The maximum absolute atomic E-state index is 12.8. The zero-order valence-corrected chi connectivity index (χ0v) is 17.9. The molecule has 8 heteroatoms. The highest BCUT2D eigenvalue weighted by atomic mass is 35.5. The molecule has 1 saturated heterocycles. The molecule has 0 spiro atoms. The first-order valence-corrected chi connectivity index (χ1v) is 11.5. The van der Waals surface area contributed by atoms with Gasteiger partial charge in [0.1, 0.15) is 17.3 Å². The van der Waals surface area contributed by atoms with Crippen molar-refractivity contribution >= 4 is 27.5 Å². The fraction of sp³-hybridized carbons (Fsp3) is 0.381. The lowest BCUT2D eigenvalue weighted by Gasteiger charge is -2.17. The van der Waals surface area contributed by atoms with Gasteiger partial charge in [-0.3, -0.25) is 4.79 Å². The lowest BCUT2D eigenvalue weighted by atomic mass is 10.2. The van der Waals surface area contributed by atoms with Crippen LogP contribution in [0.15, 0.2) is 47.4 Å². The first-order valence-electron chi connectivity index (χ1n) is 9.71. The molecule has 2 aromatic rings. The average molecular weight is 437 g/mol. The van der Waals surface area contributed by atoms with Crippen molar-refractivity contribution in [1.82, 2.24) is 9.62 Å². The van der Waals surface area contributed by atoms with Gasteiger partial charge in [-0.15, -0.1) is 0 Å². The number of carbonyl (C=O) groups is 1. The van der Waals surface area contributed by atoms with Crippen LogP contribution < -0.4 is 10.1 Å². The number of hydrogen-bond donors (Lipinski definition) is 1. The monoisotopic (exact) mass is 436 g/mol. The van der Waals surface area contributed by atoms with E-state index in [1.54, 1.807) is 0 Å². The first-order chi connectivity index (χ1) is 13.9. The number of halogens is 1. The van der Waals surface area contributed by atoms with E-state index in [4.69, 9.17) is 16.3 Å². The number of carbonyl (C=O) groups excluding carboxylic acids is 1. The van der Waals surface area contributed by atoms with E-state index in [-0.39, 0.29) is 21.4 Å². The molecule has 0 unspecified atom stereocenters. The minimum absolute atomic E-state index is 0.0269. The Hall–Kier alpha value is -2.09. The molecule has 0 aliphatic carbocycles. The van der Waals surface area contributed by atoms with Crippen LogP contribution in [0.3, 0.4) is 0 Å². The van der Waals surface area contributed by atoms with E-state index < -0.39 is 10.0 Å². The van der Waals surface area contributed by atoms with Crippen LogP contribution in [-0.2, 0) is 16.4 Å². The van der Waals surface area contributed by atoms with Crippen LogP contribution >= 0.6 is 11.6 Å². The maximum Gasteiger partial charge on any atom is 0.251 e.